The fourth-order valence-electron chi connectivity index (χ4n) is 2.77. The number of nitrogens with one attached hydrogen (secondary N) is 1. The third-order valence-electron chi connectivity index (χ3n) is 3.38. The van der Waals surface area contributed by atoms with Crippen LogP contribution >= 0.6 is 0 Å². The third-order valence-corrected chi connectivity index (χ3v) is 3.38. The van der Waals surface area contributed by atoms with Gasteiger partial charge in [0.05, 0.1) is 0 Å². The number of aryl methyl sites for hydroxylation is 1. The summed E-state index contributed by atoms with van der Waals surface area (Å²) < 4.78 is 1.84. The minimum absolute atomic E-state index is 0.478. The number of aromatic nitrogens is 2. The van der Waals surface area contributed by atoms with E-state index in [1.807, 2.05) is 24.0 Å². The van der Waals surface area contributed by atoms with Gasteiger partial charge in [-0.05, 0) is 24.2 Å². The van der Waals surface area contributed by atoms with Crippen molar-refractivity contribution in [3.05, 3.63) is 12.3 Å². The van der Waals surface area contributed by atoms with Crippen molar-refractivity contribution in [3.63, 3.8) is 0 Å². The Hall–Kier alpha value is -0.990. The number of nitrogens with zero attached hydrogens (tertiary/aromatic N) is 2. The lowest BCUT2D eigenvalue weighted by Crippen LogP contribution is -2.22. The Morgan fingerprint density at radius 1 is 1.47 bits per heavy atom. The van der Waals surface area contributed by atoms with Gasteiger partial charge < -0.3 is 5.32 Å². The molecule has 1 heterocycles. The first-order chi connectivity index (χ1) is 6.96. The van der Waals surface area contributed by atoms with E-state index in [4.69, 9.17) is 0 Å². The molecule has 0 aliphatic heterocycles. The van der Waals surface area contributed by atoms with Gasteiger partial charge in [-0.1, -0.05) is 20.8 Å². The summed E-state index contributed by atoms with van der Waals surface area (Å²) in [7, 11) is 1.95. The van der Waals surface area contributed by atoms with Crippen LogP contribution in [0, 0.1) is 11.3 Å². The van der Waals surface area contributed by atoms with Crippen LogP contribution in [0.2, 0.25) is 0 Å². The Morgan fingerprint density at radius 3 is 2.67 bits per heavy atom. The molecule has 15 heavy (non-hydrogen) atoms. The van der Waals surface area contributed by atoms with Crippen molar-refractivity contribution in [2.45, 2.75) is 39.7 Å². The van der Waals surface area contributed by atoms with Gasteiger partial charge in [-0.25, -0.2) is 0 Å². The summed E-state index contributed by atoms with van der Waals surface area (Å²) in [6, 6.07) is 2.62. The van der Waals surface area contributed by atoms with Gasteiger partial charge in [-0.15, -0.1) is 0 Å². The van der Waals surface area contributed by atoms with Gasteiger partial charge in [0.1, 0.15) is 5.82 Å². The Balaban J connectivity index is 2.01. The quantitative estimate of drug-likeness (QED) is 0.808. The van der Waals surface area contributed by atoms with Crippen LogP contribution in [0.1, 0.15) is 33.6 Å². The molecule has 0 radical (unpaired) electrons. The van der Waals surface area contributed by atoms with Crippen LogP contribution in [-0.2, 0) is 7.05 Å². The smallest absolute Gasteiger partial charge is 0.148 e. The highest BCUT2D eigenvalue weighted by Gasteiger charge is 2.36. The molecule has 1 saturated carbocycles. The van der Waals surface area contributed by atoms with Gasteiger partial charge in [0.2, 0.25) is 0 Å². The van der Waals surface area contributed by atoms with Crippen LogP contribution in [0.4, 0.5) is 5.82 Å². The van der Waals surface area contributed by atoms with E-state index in [9.17, 15) is 0 Å². The van der Waals surface area contributed by atoms with Crippen molar-refractivity contribution < 1.29 is 0 Å². The van der Waals surface area contributed by atoms with E-state index in [0.717, 1.165) is 11.7 Å². The predicted molar refractivity (Wildman–Crippen MR) is 62.8 cm³/mol. The predicted octanol–water partition coefficient (Wildman–Crippen LogP) is 2.66. The summed E-state index contributed by atoms with van der Waals surface area (Å²) in [6.07, 6.45) is 4.52. The molecule has 3 heteroatoms. The van der Waals surface area contributed by atoms with Crippen molar-refractivity contribution in [3.8, 4) is 0 Å². The Morgan fingerprint density at radius 2 is 2.20 bits per heavy atom. The van der Waals surface area contributed by atoms with Crippen molar-refractivity contribution in [2.75, 3.05) is 5.32 Å². The van der Waals surface area contributed by atoms with E-state index < -0.39 is 0 Å². The Labute approximate surface area is 91.9 Å². The average Bonchev–Trinajstić information content (AvgIpc) is 2.58. The molecule has 1 N–H and O–H groups in total. The summed E-state index contributed by atoms with van der Waals surface area (Å²) in [6.45, 7) is 7.03. The average molecular weight is 207 g/mol. The second-order valence-electron chi connectivity index (χ2n) is 5.68. The second kappa shape index (κ2) is 3.54. The highest BCUT2D eigenvalue weighted by atomic mass is 15.3. The Kier molecular flexibility index (Phi) is 2.49. The van der Waals surface area contributed by atoms with Crippen LogP contribution in [0.5, 0.6) is 0 Å². The molecule has 1 fully saturated rings. The third kappa shape index (κ3) is 2.33. The minimum Gasteiger partial charge on any atom is -0.366 e. The summed E-state index contributed by atoms with van der Waals surface area (Å²) in [4.78, 5) is 0. The summed E-state index contributed by atoms with van der Waals surface area (Å²) in [5.41, 5.74) is 0.478. The molecule has 0 spiro atoms. The van der Waals surface area contributed by atoms with Gasteiger partial charge in [-0.2, -0.15) is 5.10 Å². The molecule has 3 nitrogen and oxygen atoms in total. The molecular formula is C12H21N3. The maximum Gasteiger partial charge on any atom is 0.148 e. The lowest BCUT2D eigenvalue weighted by molar-refractivity contribution is 0.366. The van der Waals surface area contributed by atoms with E-state index in [0.29, 0.717) is 11.5 Å². The highest BCUT2D eigenvalue weighted by molar-refractivity contribution is 5.34. The normalized spacial score (nSPS) is 29.3. The highest BCUT2D eigenvalue weighted by Crippen LogP contribution is 2.41. The molecule has 2 unspecified atom stereocenters. The van der Waals surface area contributed by atoms with Gasteiger partial charge in [0.15, 0.2) is 0 Å². The first kappa shape index (κ1) is 10.5. The molecule has 1 aliphatic rings. The molecule has 0 saturated heterocycles. The van der Waals surface area contributed by atoms with Crippen molar-refractivity contribution in [2.24, 2.45) is 18.4 Å². The van der Waals surface area contributed by atoms with E-state index in [2.05, 4.69) is 31.2 Å². The van der Waals surface area contributed by atoms with Gasteiger partial charge in [-0.3, -0.25) is 4.68 Å². The second-order valence-corrected chi connectivity index (χ2v) is 5.68. The first-order valence-electron chi connectivity index (χ1n) is 5.72. The molecular weight excluding hydrogens is 186 g/mol. The van der Waals surface area contributed by atoms with Gasteiger partial charge in [0.25, 0.3) is 0 Å². The molecule has 2 rings (SSSR count). The van der Waals surface area contributed by atoms with Crippen LogP contribution in [0.25, 0.3) is 0 Å². The molecule has 0 aromatic carbocycles. The molecule has 84 valence electrons. The number of anilines is 1. The zero-order valence-electron chi connectivity index (χ0n) is 10.1. The van der Waals surface area contributed by atoms with Crippen LogP contribution in [0.15, 0.2) is 12.3 Å². The fourth-order valence-corrected chi connectivity index (χ4v) is 2.77. The van der Waals surface area contributed by atoms with Crippen LogP contribution in [0.3, 0.4) is 0 Å². The minimum atomic E-state index is 0.478. The van der Waals surface area contributed by atoms with Crippen LogP contribution in [-0.4, -0.2) is 15.8 Å². The topological polar surface area (TPSA) is 29.9 Å². The molecule has 2 atom stereocenters. The molecule has 0 amide bonds. The van der Waals surface area contributed by atoms with Crippen molar-refractivity contribution in [1.82, 2.24) is 9.78 Å². The Bertz CT molecular complexity index is 340. The molecule has 1 aromatic heterocycles. The zero-order valence-corrected chi connectivity index (χ0v) is 10.1. The molecule has 0 bridgehead atoms. The van der Waals surface area contributed by atoms with Gasteiger partial charge >= 0.3 is 0 Å². The van der Waals surface area contributed by atoms with Crippen molar-refractivity contribution >= 4 is 5.82 Å². The number of hydrogen-bond donors (Lipinski definition) is 1. The molecule has 1 aliphatic carbocycles. The number of rotatable bonds is 2. The lowest BCUT2D eigenvalue weighted by Gasteiger charge is -2.18. The van der Waals surface area contributed by atoms with E-state index in [1.165, 1.54) is 12.8 Å². The fraction of sp³-hybridized carbons (Fsp3) is 0.750. The van der Waals surface area contributed by atoms with E-state index >= 15 is 0 Å². The summed E-state index contributed by atoms with van der Waals surface area (Å²) >= 11 is 0. The standard InChI is InChI=1S/C12H21N3/c1-9-7-12(2,3)8-10(9)13-11-5-6-15(4)14-11/h5-6,9-10H,7-8H2,1-4H3,(H,13,14). The first-order valence-corrected chi connectivity index (χ1v) is 5.72. The summed E-state index contributed by atoms with van der Waals surface area (Å²) in [5, 5.41) is 7.90. The summed E-state index contributed by atoms with van der Waals surface area (Å²) in [5.74, 6) is 1.74. The lowest BCUT2D eigenvalue weighted by atomic mass is 9.91. The van der Waals surface area contributed by atoms with Crippen molar-refractivity contribution in [1.29, 1.82) is 0 Å². The number of hydrogen-bond acceptors (Lipinski definition) is 2. The largest absolute Gasteiger partial charge is 0.366 e. The zero-order chi connectivity index (χ0) is 11.1. The molecule has 1 aromatic rings. The SMILES string of the molecule is CC1CC(C)(C)CC1Nc1ccn(C)n1. The van der Waals surface area contributed by atoms with E-state index in [-0.39, 0.29) is 0 Å². The maximum atomic E-state index is 4.36. The van der Waals surface area contributed by atoms with Gasteiger partial charge in [0, 0.05) is 25.4 Å². The monoisotopic (exact) mass is 207 g/mol. The van der Waals surface area contributed by atoms with Crippen LogP contribution < -0.4 is 5.32 Å². The van der Waals surface area contributed by atoms with E-state index in [1.54, 1.807) is 0 Å². The maximum absolute atomic E-state index is 4.36.